The van der Waals surface area contributed by atoms with E-state index in [-0.39, 0.29) is 30.7 Å². The molecule has 0 aliphatic heterocycles. The molecule has 1 aromatic rings. The molecule has 4 nitrogen and oxygen atoms in total. The quantitative estimate of drug-likeness (QED) is 0.883. The van der Waals surface area contributed by atoms with Crippen LogP contribution in [-0.2, 0) is 4.79 Å². The zero-order valence-corrected chi connectivity index (χ0v) is 12.6. The number of halogens is 2. The van der Waals surface area contributed by atoms with Gasteiger partial charge in [0.15, 0.2) is 0 Å². The van der Waals surface area contributed by atoms with Crippen molar-refractivity contribution in [1.82, 2.24) is 4.98 Å². The van der Waals surface area contributed by atoms with Crippen molar-refractivity contribution in [2.24, 2.45) is 5.73 Å². The lowest BCUT2D eigenvalue weighted by atomic mass is 9.82. The minimum absolute atomic E-state index is 0. The third kappa shape index (κ3) is 4.64. The average Bonchev–Trinajstić information content (AvgIpc) is 2.30. The molecule has 0 saturated heterocycles. The number of pyridine rings is 1. The van der Waals surface area contributed by atoms with Crippen molar-refractivity contribution in [1.29, 1.82) is 0 Å². The van der Waals surface area contributed by atoms with Gasteiger partial charge >= 0.3 is 0 Å². The lowest BCUT2D eigenvalue weighted by Crippen LogP contribution is -2.52. The summed E-state index contributed by atoms with van der Waals surface area (Å²) in [6, 6.07) is 3.64. The van der Waals surface area contributed by atoms with Crippen molar-refractivity contribution in [2.45, 2.75) is 44.6 Å². The van der Waals surface area contributed by atoms with E-state index in [1.807, 2.05) is 13.0 Å². The summed E-state index contributed by atoms with van der Waals surface area (Å²) in [7, 11) is 0. The van der Waals surface area contributed by atoms with Crippen molar-refractivity contribution in [2.75, 3.05) is 5.32 Å². The predicted octanol–water partition coefficient (Wildman–Crippen LogP) is 2.83. The van der Waals surface area contributed by atoms with Crippen molar-refractivity contribution >= 4 is 36.4 Å². The molecule has 1 amide bonds. The Bertz CT molecular complexity index is 420. The van der Waals surface area contributed by atoms with E-state index in [1.54, 1.807) is 12.3 Å². The first-order valence-electron chi connectivity index (χ1n) is 6.13. The Balaban J connectivity index is 0.00000162. The Kier molecular flexibility index (Phi) is 7.34. The van der Waals surface area contributed by atoms with E-state index in [9.17, 15) is 4.79 Å². The molecule has 0 unspecified atom stereocenters. The number of amides is 1. The molecule has 1 aliphatic rings. The highest BCUT2D eigenvalue weighted by Crippen LogP contribution is 2.27. The van der Waals surface area contributed by atoms with Gasteiger partial charge in [0.05, 0.1) is 5.54 Å². The van der Waals surface area contributed by atoms with Gasteiger partial charge in [0.1, 0.15) is 0 Å². The maximum Gasteiger partial charge on any atom is 0.244 e. The van der Waals surface area contributed by atoms with Gasteiger partial charge in [-0.25, -0.2) is 0 Å². The second-order valence-electron chi connectivity index (χ2n) is 4.86. The van der Waals surface area contributed by atoms with Gasteiger partial charge in [-0.3, -0.25) is 9.78 Å². The molecule has 1 aromatic heterocycles. The van der Waals surface area contributed by atoms with Crippen LogP contribution in [0.1, 0.15) is 37.8 Å². The predicted molar refractivity (Wildman–Crippen MR) is 82.1 cm³/mol. The summed E-state index contributed by atoms with van der Waals surface area (Å²) in [5, 5.41) is 2.89. The molecule has 0 atom stereocenters. The van der Waals surface area contributed by atoms with Crippen molar-refractivity contribution in [3.63, 3.8) is 0 Å². The molecule has 1 heterocycles. The van der Waals surface area contributed by atoms with Crippen LogP contribution in [-0.4, -0.2) is 16.4 Å². The number of nitrogens with zero attached hydrogens (tertiary/aromatic N) is 1. The molecule has 19 heavy (non-hydrogen) atoms. The molecule has 3 N–H and O–H groups in total. The summed E-state index contributed by atoms with van der Waals surface area (Å²) >= 11 is 0. The molecule has 108 valence electrons. The normalized spacial score (nSPS) is 16.7. The van der Waals surface area contributed by atoms with Gasteiger partial charge < -0.3 is 11.1 Å². The van der Waals surface area contributed by atoms with E-state index in [4.69, 9.17) is 5.73 Å². The second kappa shape index (κ2) is 7.68. The standard InChI is InChI=1S/C13H19N3O.2ClH/c1-10-9-11(5-8-15-10)16-12(17)13(14)6-3-2-4-7-13;;/h5,8-9H,2-4,6-7,14H2,1H3,(H,15,16,17);2*1H. The number of hydrogen-bond acceptors (Lipinski definition) is 3. The van der Waals surface area contributed by atoms with Crippen molar-refractivity contribution in [3.05, 3.63) is 24.0 Å². The fourth-order valence-corrected chi connectivity index (χ4v) is 2.29. The Morgan fingerprint density at radius 1 is 1.32 bits per heavy atom. The van der Waals surface area contributed by atoms with Gasteiger partial charge in [-0.05, 0) is 31.9 Å². The van der Waals surface area contributed by atoms with Crippen LogP contribution < -0.4 is 11.1 Å². The molecule has 0 spiro atoms. The maximum atomic E-state index is 12.1. The zero-order valence-electron chi connectivity index (χ0n) is 11.0. The molecule has 0 aromatic carbocycles. The zero-order chi connectivity index (χ0) is 12.3. The summed E-state index contributed by atoms with van der Waals surface area (Å²) in [5.74, 6) is -0.0669. The number of hydrogen-bond donors (Lipinski definition) is 2. The Morgan fingerprint density at radius 2 is 1.95 bits per heavy atom. The van der Waals surface area contributed by atoms with Gasteiger partial charge in [-0.15, -0.1) is 24.8 Å². The van der Waals surface area contributed by atoms with Crippen LogP contribution >= 0.6 is 24.8 Å². The molecular weight excluding hydrogens is 285 g/mol. The largest absolute Gasteiger partial charge is 0.324 e. The summed E-state index contributed by atoms with van der Waals surface area (Å²) in [4.78, 5) is 16.2. The molecule has 6 heteroatoms. The fourth-order valence-electron chi connectivity index (χ4n) is 2.29. The van der Waals surface area contributed by atoms with Gasteiger partial charge in [-0.2, -0.15) is 0 Å². The first-order valence-corrected chi connectivity index (χ1v) is 6.13. The molecule has 1 aliphatic carbocycles. The smallest absolute Gasteiger partial charge is 0.244 e. The minimum atomic E-state index is -0.685. The van der Waals surface area contributed by atoms with Crippen LogP contribution in [0.5, 0.6) is 0 Å². The number of aryl methyl sites for hydroxylation is 1. The number of nitrogens with two attached hydrogens (primary N) is 1. The van der Waals surface area contributed by atoms with Crippen LogP contribution in [0.15, 0.2) is 18.3 Å². The van der Waals surface area contributed by atoms with E-state index >= 15 is 0 Å². The minimum Gasteiger partial charge on any atom is -0.324 e. The van der Waals surface area contributed by atoms with E-state index in [2.05, 4.69) is 10.3 Å². The highest BCUT2D eigenvalue weighted by atomic mass is 35.5. The van der Waals surface area contributed by atoms with Gasteiger partial charge in [0, 0.05) is 17.6 Å². The van der Waals surface area contributed by atoms with Crippen molar-refractivity contribution in [3.8, 4) is 0 Å². The SMILES string of the molecule is Cc1cc(NC(=O)C2(N)CCCCC2)ccn1.Cl.Cl. The number of nitrogens with one attached hydrogen (secondary N) is 1. The maximum absolute atomic E-state index is 12.1. The van der Waals surface area contributed by atoms with Crippen LogP contribution in [0.2, 0.25) is 0 Å². The van der Waals surface area contributed by atoms with E-state index in [1.165, 1.54) is 6.42 Å². The highest BCUT2D eigenvalue weighted by molar-refractivity contribution is 5.98. The number of aromatic nitrogens is 1. The molecule has 0 radical (unpaired) electrons. The first-order chi connectivity index (χ1) is 8.10. The fraction of sp³-hybridized carbons (Fsp3) is 0.538. The molecule has 1 saturated carbocycles. The summed E-state index contributed by atoms with van der Waals surface area (Å²) < 4.78 is 0. The van der Waals surface area contributed by atoms with Crippen LogP contribution in [0, 0.1) is 6.92 Å². The van der Waals surface area contributed by atoms with E-state index < -0.39 is 5.54 Å². The van der Waals surface area contributed by atoms with Gasteiger partial charge in [0.25, 0.3) is 0 Å². The average molecular weight is 306 g/mol. The van der Waals surface area contributed by atoms with Gasteiger partial charge in [-0.1, -0.05) is 19.3 Å². The second-order valence-corrected chi connectivity index (χ2v) is 4.86. The Labute approximate surface area is 126 Å². The Hall–Kier alpha value is -0.840. The first kappa shape index (κ1) is 18.2. The third-order valence-electron chi connectivity index (χ3n) is 3.35. The number of anilines is 1. The molecule has 0 bridgehead atoms. The van der Waals surface area contributed by atoms with Crippen LogP contribution in [0.25, 0.3) is 0 Å². The summed E-state index contributed by atoms with van der Waals surface area (Å²) in [6.07, 6.45) is 6.51. The van der Waals surface area contributed by atoms with E-state index in [0.717, 1.165) is 37.1 Å². The molecular formula is C13H21Cl2N3O. The lowest BCUT2D eigenvalue weighted by Gasteiger charge is -2.31. The highest BCUT2D eigenvalue weighted by Gasteiger charge is 2.35. The monoisotopic (exact) mass is 305 g/mol. The van der Waals surface area contributed by atoms with Gasteiger partial charge in [0.2, 0.25) is 5.91 Å². The van der Waals surface area contributed by atoms with Crippen LogP contribution in [0.4, 0.5) is 5.69 Å². The Morgan fingerprint density at radius 3 is 2.53 bits per heavy atom. The number of carbonyl (C=O) groups excluding carboxylic acids is 1. The summed E-state index contributed by atoms with van der Waals surface area (Å²) in [5.41, 5.74) is 7.14. The number of rotatable bonds is 2. The van der Waals surface area contributed by atoms with Crippen molar-refractivity contribution < 1.29 is 4.79 Å². The van der Waals surface area contributed by atoms with E-state index in [0.29, 0.717) is 0 Å². The molecule has 2 rings (SSSR count). The third-order valence-corrected chi connectivity index (χ3v) is 3.35. The molecule has 1 fully saturated rings. The van der Waals surface area contributed by atoms with Crippen LogP contribution in [0.3, 0.4) is 0 Å². The topological polar surface area (TPSA) is 68.0 Å². The lowest BCUT2D eigenvalue weighted by molar-refractivity contribution is -0.122. The summed E-state index contributed by atoms with van der Waals surface area (Å²) in [6.45, 7) is 1.90. The number of carbonyl (C=O) groups is 1.